The van der Waals surface area contributed by atoms with Crippen LogP contribution in [0.15, 0.2) is 54.7 Å². The van der Waals surface area contributed by atoms with Gasteiger partial charge in [-0.2, -0.15) is 0 Å². The van der Waals surface area contributed by atoms with E-state index in [4.69, 9.17) is 14.5 Å². The van der Waals surface area contributed by atoms with E-state index in [9.17, 15) is 4.79 Å². The minimum atomic E-state index is -0.227. The first-order valence-electron chi connectivity index (χ1n) is 9.82. The lowest BCUT2D eigenvalue weighted by Gasteiger charge is -2.21. The van der Waals surface area contributed by atoms with Gasteiger partial charge in [0, 0.05) is 6.20 Å². The van der Waals surface area contributed by atoms with Gasteiger partial charge < -0.3 is 9.47 Å². The molecule has 0 radical (unpaired) electrons. The number of ether oxygens (including phenoxy) is 2. The molecule has 2 heterocycles. The van der Waals surface area contributed by atoms with E-state index in [0.717, 1.165) is 21.5 Å². The number of aromatic nitrogens is 2. The number of carbonyl (C=O) groups excluding carboxylic acids is 1. The minimum absolute atomic E-state index is 0.227. The minimum Gasteiger partial charge on any atom is -0.497 e. The molecule has 1 amide bonds. The van der Waals surface area contributed by atoms with E-state index < -0.39 is 0 Å². The van der Waals surface area contributed by atoms with Gasteiger partial charge in [0.15, 0.2) is 5.13 Å². The molecule has 4 aromatic rings. The Morgan fingerprint density at radius 3 is 2.61 bits per heavy atom. The molecule has 0 bridgehead atoms. The number of aryl methyl sites for hydroxylation is 2. The average Bonchev–Trinajstić information content (AvgIpc) is 3.24. The zero-order valence-corrected chi connectivity index (χ0v) is 18.7. The lowest BCUT2D eigenvalue weighted by Crippen LogP contribution is -2.31. The van der Waals surface area contributed by atoms with Crippen molar-refractivity contribution in [3.8, 4) is 11.5 Å². The van der Waals surface area contributed by atoms with Crippen LogP contribution in [0.25, 0.3) is 10.2 Å². The van der Waals surface area contributed by atoms with Gasteiger partial charge in [0.25, 0.3) is 5.91 Å². The van der Waals surface area contributed by atoms with Crippen LogP contribution in [-0.4, -0.2) is 30.1 Å². The SMILES string of the molecule is COc1ccc(OC)c(C(=O)N(Cc2ccccn2)c2nc3c(C)c(C)ccc3s2)c1. The van der Waals surface area contributed by atoms with Crippen molar-refractivity contribution in [1.29, 1.82) is 0 Å². The number of thiazole rings is 1. The summed E-state index contributed by atoms with van der Waals surface area (Å²) in [7, 11) is 3.12. The van der Waals surface area contributed by atoms with Crippen molar-refractivity contribution in [1.82, 2.24) is 9.97 Å². The van der Waals surface area contributed by atoms with Crippen molar-refractivity contribution in [3.63, 3.8) is 0 Å². The number of hydrogen-bond donors (Lipinski definition) is 0. The van der Waals surface area contributed by atoms with Gasteiger partial charge in [-0.1, -0.05) is 23.5 Å². The zero-order valence-electron chi connectivity index (χ0n) is 17.9. The number of benzene rings is 2. The maximum absolute atomic E-state index is 13.8. The molecule has 0 aliphatic carbocycles. The van der Waals surface area contributed by atoms with Crippen LogP contribution in [0.5, 0.6) is 11.5 Å². The van der Waals surface area contributed by atoms with E-state index in [0.29, 0.717) is 22.2 Å². The standard InChI is InChI=1S/C24H23N3O3S/c1-15-8-11-21-22(16(15)2)26-24(31-21)27(14-17-7-5-6-12-25-17)23(28)19-13-18(29-3)9-10-20(19)30-4/h5-13H,14H2,1-4H3. The number of pyridine rings is 1. The van der Waals surface area contributed by atoms with E-state index >= 15 is 0 Å². The molecule has 2 aromatic carbocycles. The Labute approximate surface area is 185 Å². The number of fused-ring (bicyclic) bond motifs is 1. The van der Waals surface area contributed by atoms with Crippen LogP contribution in [0.2, 0.25) is 0 Å². The Balaban J connectivity index is 1.84. The molecule has 6 nitrogen and oxygen atoms in total. The summed E-state index contributed by atoms with van der Waals surface area (Å²) in [5.74, 6) is 0.831. The third-order valence-electron chi connectivity index (χ3n) is 5.23. The summed E-state index contributed by atoms with van der Waals surface area (Å²) in [6.45, 7) is 4.40. The summed E-state index contributed by atoms with van der Waals surface area (Å²) in [5, 5.41) is 0.615. The van der Waals surface area contributed by atoms with Crippen molar-refractivity contribution in [3.05, 3.63) is 77.1 Å². The molecule has 31 heavy (non-hydrogen) atoms. The van der Waals surface area contributed by atoms with Crippen LogP contribution >= 0.6 is 11.3 Å². The predicted octanol–water partition coefficient (Wildman–Crippen LogP) is 5.17. The van der Waals surface area contributed by atoms with Crippen LogP contribution in [0.4, 0.5) is 5.13 Å². The molecule has 7 heteroatoms. The van der Waals surface area contributed by atoms with Gasteiger partial charge >= 0.3 is 0 Å². The molecule has 0 fully saturated rings. The Morgan fingerprint density at radius 1 is 1.06 bits per heavy atom. The molecule has 2 aromatic heterocycles. The summed E-state index contributed by atoms with van der Waals surface area (Å²) in [4.78, 5) is 24.7. The first-order chi connectivity index (χ1) is 15.0. The van der Waals surface area contributed by atoms with Gasteiger partial charge in [-0.25, -0.2) is 4.98 Å². The van der Waals surface area contributed by atoms with Crippen LogP contribution < -0.4 is 14.4 Å². The maximum Gasteiger partial charge on any atom is 0.264 e. The summed E-state index contributed by atoms with van der Waals surface area (Å²) in [6.07, 6.45) is 1.72. The Hall–Kier alpha value is -3.45. The number of methoxy groups -OCH3 is 2. The lowest BCUT2D eigenvalue weighted by molar-refractivity contribution is 0.0981. The van der Waals surface area contributed by atoms with Crippen molar-refractivity contribution in [2.75, 3.05) is 19.1 Å². The highest BCUT2D eigenvalue weighted by molar-refractivity contribution is 7.22. The number of carbonyl (C=O) groups is 1. The number of amides is 1. The first kappa shape index (κ1) is 20.8. The molecule has 0 unspecified atom stereocenters. The third-order valence-corrected chi connectivity index (χ3v) is 6.28. The Kier molecular flexibility index (Phi) is 5.86. The highest BCUT2D eigenvalue weighted by Gasteiger charge is 2.26. The molecule has 4 rings (SSSR count). The first-order valence-corrected chi connectivity index (χ1v) is 10.6. The molecule has 0 N–H and O–H groups in total. The summed E-state index contributed by atoms with van der Waals surface area (Å²) >= 11 is 1.49. The van der Waals surface area contributed by atoms with Crippen molar-refractivity contribution >= 4 is 32.6 Å². The zero-order chi connectivity index (χ0) is 22.0. The van der Waals surface area contributed by atoms with E-state index in [1.807, 2.05) is 24.3 Å². The van der Waals surface area contributed by atoms with Gasteiger partial charge in [0.1, 0.15) is 11.5 Å². The van der Waals surface area contributed by atoms with Crippen LogP contribution in [0, 0.1) is 13.8 Å². The number of nitrogens with zero attached hydrogens (tertiary/aromatic N) is 3. The van der Waals surface area contributed by atoms with E-state index in [1.54, 1.807) is 43.5 Å². The molecular weight excluding hydrogens is 410 g/mol. The number of hydrogen-bond acceptors (Lipinski definition) is 6. The fourth-order valence-electron chi connectivity index (χ4n) is 3.34. The summed E-state index contributed by atoms with van der Waals surface area (Å²) in [5.41, 5.74) is 4.37. The number of anilines is 1. The molecule has 0 aliphatic heterocycles. The summed E-state index contributed by atoms with van der Waals surface area (Å²) < 4.78 is 11.8. The van der Waals surface area contributed by atoms with Gasteiger partial charge in [0.05, 0.1) is 42.2 Å². The molecule has 0 saturated heterocycles. The second-order valence-electron chi connectivity index (χ2n) is 7.13. The average molecular weight is 434 g/mol. The fourth-order valence-corrected chi connectivity index (χ4v) is 4.36. The molecule has 0 saturated carbocycles. The van der Waals surface area contributed by atoms with Gasteiger partial charge in [-0.3, -0.25) is 14.7 Å². The molecule has 0 aliphatic rings. The van der Waals surface area contributed by atoms with E-state index in [1.165, 1.54) is 16.9 Å². The molecular formula is C24H23N3O3S. The molecule has 158 valence electrons. The topological polar surface area (TPSA) is 64.6 Å². The van der Waals surface area contributed by atoms with Crippen molar-refractivity contribution in [2.24, 2.45) is 0 Å². The second kappa shape index (κ2) is 8.73. The second-order valence-corrected chi connectivity index (χ2v) is 8.14. The fraction of sp³-hybridized carbons (Fsp3) is 0.208. The smallest absolute Gasteiger partial charge is 0.264 e. The van der Waals surface area contributed by atoms with Crippen molar-refractivity contribution in [2.45, 2.75) is 20.4 Å². The molecule has 0 spiro atoms. The quantitative estimate of drug-likeness (QED) is 0.420. The maximum atomic E-state index is 13.8. The number of rotatable bonds is 6. The van der Waals surface area contributed by atoms with Crippen LogP contribution in [0.1, 0.15) is 27.2 Å². The monoisotopic (exact) mass is 433 g/mol. The highest BCUT2D eigenvalue weighted by Crippen LogP contribution is 2.35. The Morgan fingerprint density at radius 2 is 1.90 bits per heavy atom. The van der Waals surface area contributed by atoms with Crippen molar-refractivity contribution < 1.29 is 14.3 Å². The van der Waals surface area contributed by atoms with Gasteiger partial charge in [-0.15, -0.1) is 0 Å². The van der Waals surface area contributed by atoms with E-state index in [2.05, 4.69) is 24.9 Å². The summed E-state index contributed by atoms with van der Waals surface area (Å²) in [6, 6.07) is 15.0. The Bertz CT molecular complexity index is 1240. The predicted molar refractivity (Wildman–Crippen MR) is 123 cm³/mol. The van der Waals surface area contributed by atoms with Gasteiger partial charge in [-0.05, 0) is 61.4 Å². The van der Waals surface area contributed by atoms with Crippen LogP contribution in [-0.2, 0) is 6.54 Å². The normalized spacial score (nSPS) is 10.8. The highest BCUT2D eigenvalue weighted by atomic mass is 32.1. The largest absolute Gasteiger partial charge is 0.497 e. The molecule has 0 atom stereocenters. The van der Waals surface area contributed by atoms with Crippen LogP contribution in [0.3, 0.4) is 0 Å². The third kappa shape index (κ3) is 4.09. The van der Waals surface area contributed by atoms with Gasteiger partial charge in [0.2, 0.25) is 0 Å². The lowest BCUT2D eigenvalue weighted by atomic mass is 10.1. The van der Waals surface area contributed by atoms with E-state index in [-0.39, 0.29) is 12.5 Å².